The molecule has 1 heterocycles. The van der Waals surface area contributed by atoms with Crippen molar-refractivity contribution in [1.29, 1.82) is 0 Å². The molecule has 2 rings (SSSR count). The van der Waals surface area contributed by atoms with Crippen molar-refractivity contribution in [1.82, 2.24) is 10.3 Å². The second kappa shape index (κ2) is 3.74. The Morgan fingerprint density at radius 3 is 3.00 bits per heavy atom. The van der Waals surface area contributed by atoms with E-state index in [0.29, 0.717) is 12.1 Å². The molecule has 0 aliphatic rings. The van der Waals surface area contributed by atoms with Gasteiger partial charge < -0.3 is 15.4 Å². The van der Waals surface area contributed by atoms with Gasteiger partial charge in [0.1, 0.15) is 0 Å². The first-order valence-corrected chi connectivity index (χ1v) is 4.71. The molecule has 0 radical (unpaired) electrons. The van der Waals surface area contributed by atoms with Crippen LogP contribution in [0.5, 0.6) is 0 Å². The molecule has 4 heteroatoms. The summed E-state index contributed by atoms with van der Waals surface area (Å²) in [6, 6.07) is 5.24. The summed E-state index contributed by atoms with van der Waals surface area (Å²) in [5, 5.41) is 12.9. The van der Waals surface area contributed by atoms with Crippen LogP contribution in [0.4, 0.5) is 0 Å². The average molecular weight is 204 g/mol. The highest BCUT2D eigenvalue weighted by Gasteiger charge is 2.12. The molecule has 1 aromatic carbocycles. The van der Waals surface area contributed by atoms with Crippen molar-refractivity contribution in [3.05, 3.63) is 35.5 Å². The third-order valence-corrected chi connectivity index (χ3v) is 2.39. The van der Waals surface area contributed by atoms with Crippen molar-refractivity contribution in [3.8, 4) is 0 Å². The van der Waals surface area contributed by atoms with Crippen LogP contribution in [-0.2, 0) is 6.54 Å². The molecule has 0 bridgehead atoms. The number of aromatic nitrogens is 1. The van der Waals surface area contributed by atoms with Crippen LogP contribution in [0, 0.1) is 0 Å². The molecule has 0 spiro atoms. The zero-order chi connectivity index (χ0) is 10.8. The average Bonchev–Trinajstić information content (AvgIpc) is 2.62. The first kappa shape index (κ1) is 9.73. The van der Waals surface area contributed by atoms with Crippen molar-refractivity contribution in [2.45, 2.75) is 6.54 Å². The molecule has 0 saturated heterocycles. The highest BCUT2D eigenvalue weighted by molar-refractivity contribution is 6.04. The standard InChI is InChI=1S/C11H12N2O2/c1-12-5-7-6-13-9-4-2-3-8(10(7)9)11(14)15/h2-4,6,12-13H,5H2,1H3,(H,14,15). The van der Waals surface area contributed by atoms with E-state index in [-0.39, 0.29) is 0 Å². The molecule has 0 aliphatic heterocycles. The minimum atomic E-state index is -0.891. The van der Waals surface area contributed by atoms with Crippen LogP contribution in [0.25, 0.3) is 10.9 Å². The number of carboxylic acids is 1. The monoisotopic (exact) mass is 204 g/mol. The lowest BCUT2D eigenvalue weighted by Crippen LogP contribution is -2.05. The SMILES string of the molecule is CNCc1c[nH]c2cccc(C(=O)O)c12. The van der Waals surface area contributed by atoms with Crippen LogP contribution in [0.1, 0.15) is 15.9 Å². The van der Waals surface area contributed by atoms with Gasteiger partial charge in [-0.05, 0) is 24.7 Å². The Morgan fingerprint density at radius 1 is 1.53 bits per heavy atom. The van der Waals surface area contributed by atoms with E-state index in [4.69, 9.17) is 5.11 Å². The summed E-state index contributed by atoms with van der Waals surface area (Å²) in [6.45, 7) is 0.657. The minimum Gasteiger partial charge on any atom is -0.478 e. The summed E-state index contributed by atoms with van der Waals surface area (Å²) < 4.78 is 0. The summed E-state index contributed by atoms with van der Waals surface area (Å²) >= 11 is 0. The molecule has 78 valence electrons. The normalized spacial score (nSPS) is 10.7. The van der Waals surface area contributed by atoms with Crippen LogP contribution in [-0.4, -0.2) is 23.1 Å². The predicted octanol–water partition coefficient (Wildman–Crippen LogP) is 1.59. The van der Waals surface area contributed by atoms with Gasteiger partial charge in [-0.2, -0.15) is 0 Å². The largest absolute Gasteiger partial charge is 0.478 e. The Balaban J connectivity index is 2.69. The molecule has 2 aromatic rings. The number of hydrogen-bond donors (Lipinski definition) is 3. The van der Waals surface area contributed by atoms with Crippen molar-refractivity contribution in [2.24, 2.45) is 0 Å². The number of benzene rings is 1. The van der Waals surface area contributed by atoms with E-state index in [2.05, 4.69) is 10.3 Å². The fraction of sp³-hybridized carbons (Fsp3) is 0.182. The van der Waals surface area contributed by atoms with Crippen LogP contribution in [0.15, 0.2) is 24.4 Å². The Bertz CT molecular complexity index is 502. The Kier molecular flexibility index (Phi) is 2.43. The summed E-state index contributed by atoms with van der Waals surface area (Å²) in [5.41, 5.74) is 2.18. The number of H-pyrrole nitrogens is 1. The van der Waals surface area contributed by atoms with E-state index in [1.165, 1.54) is 0 Å². The summed E-state index contributed by atoms with van der Waals surface area (Å²) in [6.07, 6.45) is 1.84. The molecule has 0 aliphatic carbocycles. The number of aromatic amines is 1. The van der Waals surface area contributed by atoms with Gasteiger partial charge in [0.05, 0.1) is 5.56 Å². The van der Waals surface area contributed by atoms with Gasteiger partial charge in [0.15, 0.2) is 0 Å². The molecule has 0 atom stereocenters. The number of nitrogens with one attached hydrogen (secondary N) is 2. The highest BCUT2D eigenvalue weighted by Crippen LogP contribution is 2.22. The van der Waals surface area contributed by atoms with E-state index < -0.39 is 5.97 Å². The number of rotatable bonds is 3. The molecule has 0 fully saturated rings. The summed E-state index contributed by atoms with van der Waals surface area (Å²) in [7, 11) is 1.84. The molecule has 0 unspecified atom stereocenters. The number of carbonyl (C=O) groups is 1. The smallest absolute Gasteiger partial charge is 0.336 e. The number of fused-ring (bicyclic) bond motifs is 1. The Labute approximate surface area is 86.9 Å². The number of carboxylic acid groups (broad SMARTS) is 1. The summed E-state index contributed by atoms with van der Waals surface area (Å²) in [5.74, 6) is -0.891. The zero-order valence-corrected chi connectivity index (χ0v) is 8.37. The van der Waals surface area contributed by atoms with Crippen LogP contribution in [0.2, 0.25) is 0 Å². The van der Waals surface area contributed by atoms with Crippen LogP contribution in [0.3, 0.4) is 0 Å². The molecule has 15 heavy (non-hydrogen) atoms. The van der Waals surface area contributed by atoms with Crippen molar-refractivity contribution in [2.75, 3.05) is 7.05 Å². The van der Waals surface area contributed by atoms with Crippen LogP contribution < -0.4 is 5.32 Å². The molecule has 1 aromatic heterocycles. The lowest BCUT2D eigenvalue weighted by molar-refractivity contribution is 0.0699. The predicted molar refractivity (Wildman–Crippen MR) is 58.0 cm³/mol. The quantitative estimate of drug-likeness (QED) is 0.711. The van der Waals surface area contributed by atoms with Gasteiger partial charge in [-0.3, -0.25) is 0 Å². The topological polar surface area (TPSA) is 65.1 Å². The number of hydrogen-bond acceptors (Lipinski definition) is 2. The van der Waals surface area contributed by atoms with E-state index in [9.17, 15) is 4.79 Å². The highest BCUT2D eigenvalue weighted by atomic mass is 16.4. The van der Waals surface area contributed by atoms with Gasteiger partial charge in [0, 0.05) is 23.6 Å². The second-order valence-corrected chi connectivity index (χ2v) is 3.38. The lowest BCUT2D eigenvalue weighted by atomic mass is 10.1. The van der Waals surface area contributed by atoms with Crippen molar-refractivity contribution in [3.63, 3.8) is 0 Å². The van der Waals surface area contributed by atoms with Gasteiger partial charge >= 0.3 is 5.97 Å². The molecule has 0 saturated carbocycles. The van der Waals surface area contributed by atoms with Gasteiger partial charge in [0.25, 0.3) is 0 Å². The fourth-order valence-corrected chi connectivity index (χ4v) is 1.76. The second-order valence-electron chi connectivity index (χ2n) is 3.38. The third kappa shape index (κ3) is 1.59. The maximum Gasteiger partial charge on any atom is 0.336 e. The Hall–Kier alpha value is -1.81. The lowest BCUT2D eigenvalue weighted by Gasteiger charge is -2.01. The molecule has 0 amide bonds. The third-order valence-electron chi connectivity index (χ3n) is 2.39. The van der Waals surface area contributed by atoms with Gasteiger partial charge in [-0.1, -0.05) is 6.07 Å². The molecule has 3 N–H and O–H groups in total. The minimum absolute atomic E-state index is 0.346. The molecular formula is C11H12N2O2. The summed E-state index contributed by atoms with van der Waals surface area (Å²) in [4.78, 5) is 14.1. The Morgan fingerprint density at radius 2 is 2.33 bits per heavy atom. The van der Waals surface area contributed by atoms with E-state index in [0.717, 1.165) is 16.5 Å². The molecular weight excluding hydrogens is 192 g/mol. The first-order chi connectivity index (χ1) is 7.24. The van der Waals surface area contributed by atoms with Crippen molar-refractivity contribution >= 4 is 16.9 Å². The van der Waals surface area contributed by atoms with Gasteiger partial charge in [-0.15, -0.1) is 0 Å². The maximum atomic E-state index is 11.0. The van der Waals surface area contributed by atoms with E-state index in [1.807, 2.05) is 19.3 Å². The maximum absolute atomic E-state index is 11.0. The van der Waals surface area contributed by atoms with Crippen molar-refractivity contribution < 1.29 is 9.90 Å². The van der Waals surface area contributed by atoms with E-state index >= 15 is 0 Å². The number of aromatic carboxylic acids is 1. The van der Waals surface area contributed by atoms with E-state index in [1.54, 1.807) is 12.1 Å². The van der Waals surface area contributed by atoms with Gasteiger partial charge in [0.2, 0.25) is 0 Å². The fourth-order valence-electron chi connectivity index (χ4n) is 1.76. The van der Waals surface area contributed by atoms with Crippen LogP contribution >= 0.6 is 0 Å². The zero-order valence-electron chi connectivity index (χ0n) is 8.37. The van der Waals surface area contributed by atoms with Gasteiger partial charge in [-0.25, -0.2) is 4.79 Å². The first-order valence-electron chi connectivity index (χ1n) is 4.71. The molecule has 4 nitrogen and oxygen atoms in total.